The molecule has 0 N–H and O–H groups in total. The van der Waals surface area contributed by atoms with Gasteiger partial charge in [0.1, 0.15) is 0 Å². The topological polar surface area (TPSA) is 54.5 Å². The Kier molecular flexibility index (Phi) is 4.76. The van der Waals surface area contributed by atoms with Gasteiger partial charge in [-0.15, -0.1) is 0 Å². The number of aromatic nitrogens is 2. The van der Waals surface area contributed by atoms with Gasteiger partial charge < -0.3 is 14.0 Å². The minimum Gasteiger partial charge on any atom is -0.360 e. The molecule has 1 aliphatic rings. The lowest BCUT2D eigenvalue weighted by Gasteiger charge is -2.34. The zero-order valence-corrected chi connectivity index (χ0v) is 15.0. The van der Waals surface area contributed by atoms with Crippen molar-refractivity contribution in [1.82, 2.24) is 19.5 Å². The Bertz CT molecular complexity index is 723. The molecule has 0 radical (unpaired) electrons. The van der Waals surface area contributed by atoms with E-state index in [1.165, 1.54) is 0 Å². The number of nitrogens with zero attached hydrogens (tertiary/aromatic N) is 4. The van der Waals surface area contributed by atoms with Gasteiger partial charge in [0, 0.05) is 50.2 Å². The predicted octanol–water partition coefficient (Wildman–Crippen LogP) is 2.38. The Morgan fingerprint density at radius 3 is 2.42 bits per heavy atom. The van der Waals surface area contributed by atoms with E-state index in [0.29, 0.717) is 0 Å². The molecular weight excluding hydrogens is 304 g/mol. The van der Waals surface area contributed by atoms with Crippen molar-refractivity contribution in [3.63, 3.8) is 0 Å². The minimum atomic E-state index is 0.151. The molecule has 24 heavy (non-hydrogen) atoms. The molecule has 6 heteroatoms. The van der Waals surface area contributed by atoms with Crippen molar-refractivity contribution in [2.45, 2.75) is 40.8 Å². The lowest BCUT2D eigenvalue weighted by atomic mass is 10.2. The number of aryl methyl sites for hydroxylation is 2. The first kappa shape index (κ1) is 16.8. The molecule has 0 aliphatic carbocycles. The zero-order chi connectivity index (χ0) is 17.3. The fraction of sp³-hybridized carbons (Fsp3) is 0.556. The Morgan fingerprint density at radius 2 is 1.88 bits per heavy atom. The summed E-state index contributed by atoms with van der Waals surface area (Å²) < 4.78 is 7.47. The smallest absolute Gasteiger partial charge is 0.255 e. The van der Waals surface area contributed by atoms with Crippen LogP contribution >= 0.6 is 0 Å². The summed E-state index contributed by atoms with van der Waals surface area (Å²) in [6.07, 6.45) is 0. The van der Waals surface area contributed by atoms with Crippen LogP contribution in [-0.2, 0) is 13.1 Å². The highest BCUT2D eigenvalue weighted by Gasteiger charge is 2.25. The highest BCUT2D eigenvalue weighted by molar-refractivity contribution is 5.95. The third kappa shape index (κ3) is 3.24. The second kappa shape index (κ2) is 6.81. The van der Waals surface area contributed by atoms with Gasteiger partial charge in [0.15, 0.2) is 5.76 Å². The van der Waals surface area contributed by atoms with E-state index in [2.05, 4.69) is 28.5 Å². The van der Waals surface area contributed by atoms with E-state index in [1.807, 2.05) is 30.9 Å². The maximum Gasteiger partial charge on any atom is 0.255 e. The molecule has 1 fully saturated rings. The largest absolute Gasteiger partial charge is 0.360 e. The Hall–Kier alpha value is -2.08. The highest BCUT2D eigenvalue weighted by Crippen LogP contribution is 2.18. The van der Waals surface area contributed by atoms with Gasteiger partial charge in [-0.1, -0.05) is 5.16 Å². The molecule has 0 spiro atoms. The fourth-order valence-electron chi connectivity index (χ4n) is 3.49. The van der Waals surface area contributed by atoms with Gasteiger partial charge in [-0.2, -0.15) is 0 Å². The van der Waals surface area contributed by atoms with Gasteiger partial charge in [-0.05, 0) is 33.8 Å². The molecule has 0 saturated carbocycles. The van der Waals surface area contributed by atoms with Crippen LogP contribution in [-0.4, -0.2) is 51.6 Å². The van der Waals surface area contributed by atoms with Crippen LogP contribution in [0.2, 0.25) is 0 Å². The normalized spacial score (nSPS) is 15.9. The molecule has 6 nitrogen and oxygen atoms in total. The molecule has 0 aromatic carbocycles. The molecule has 2 aromatic heterocycles. The van der Waals surface area contributed by atoms with Crippen LogP contribution in [0.3, 0.4) is 0 Å². The lowest BCUT2D eigenvalue weighted by Crippen LogP contribution is -2.48. The SMILES string of the molecule is CCn1c(C)cc(C(=O)N2CCN(Cc3cc(C)no3)CC2)c1C. The van der Waals surface area contributed by atoms with Crippen LogP contribution in [0.15, 0.2) is 16.7 Å². The number of hydrogen-bond donors (Lipinski definition) is 0. The Labute approximate surface area is 143 Å². The summed E-state index contributed by atoms with van der Waals surface area (Å²) >= 11 is 0. The van der Waals surface area contributed by atoms with E-state index in [4.69, 9.17) is 4.52 Å². The molecule has 1 saturated heterocycles. The van der Waals surface area contributed by atoms with Crippen molar-refractivity contribution in [1.29, 1.82) is 0 Å². The summed E-state index contributed by atoms with van der Waals surface area (Å²) in [5, 5.41) is 3.92. The number of piperazine rings is 1. The predicted molar refractivity (Wildman–Crippen MR) is 92.0 cm³/mol. The van der Waals surface area contributed by atoms with Crippen molar-refractivity contribution < 1.29 is 9.32 Å². The summed E-state index contributed by atoms with van der Waals surface area (Å²) in [6.45, 7) is 13.0. The number of hydrogen-bond acceptors (Lipinski definition) is 4. The number of rotatable bonds is 4. The second-order valence-corrected chi connectivity index (χ2v) is 6.53. The van der Waals surface area contributed by atoms with Crippen LogP contribution < -0.4 is 0 Å². The fourth-order valence-corrected chi connectivity index (χ4v) is 3.49. The summed E-state index contributed by atoms with van der Waals surface area (Å²) in [4.78, 5) is 17.1. The van der Waals surface area contributed by atoms with Gasteiger partial charge in [0.2, 0.25) is 0 Å². The quantitative estimate of drug-likeness (QED) is 0.864. The van der Waals surface area contributed by atoms with Gasteiger partial charge >= 0.3 is 0 Å². The standard InChI is InChI=1S/C18H26N4O2/c1-5-22-14(3)11-17(15(22)4)18(23)21-8-6-20(7-9-21)12-16-10-13(2)19-24-16/h10-11H,5-9,12H2,1-4H3. The maximum atomic E-state index is 12.8. The van der Waals surface area contributed by atoms with Crippen LogP contribution in [0.1, 0.15) is 40.1 Å². The summed E-state index contributed by atoms with van der Waals surface area (Å²) in [5.74, 6) is 1.04. The van der Waals surface area contributed by atoms with Gasteiger partial charge in [-0.3, -0.25) is 9.69 Å². The Morgan fingerprint density at radius 1 is 1.17 bits per heavy atom. The first-order chi connectivity index (χ1) is 11.5. The van der Waals surface area contributed by atoms with Crippen molar-refractivity contribution in [3.05, 3.63) is 40.5 Å². The molecule has 0 atom stereocenters. The molecule has 1 amide bonds. The third-order valence-electron chi connectivity index (χ3n) is 4.84. The van der Waals surface area contributed by atoms with E-state index in [-0.39, 0.29) is 5.91 Å². The molecule has 130 valence electrons. The van der Waals surface area contributed by atoms with Gasteiger partial charge in [0.05, 0.1) is 17.8 Å². The van der Waals surface area contributed by atoms with Crippen LogP contribution in [0.25, 0.3) is 0 Å². The molecule has 1 aliphatic heterocycles. The maximum absolute atomic E-state index is 12.8. The second-order valence-electron chi connectivity index (χ2n) is 6.53. The summed E-state index contributed by atoms with van der Waals surface area (Å²) in [7, 11) is 0. The molecule has 0 bridgehead atoms. The summed E-state index contributed by atoms with van der Waals surface area (Å²) in [5.41, 5.74) is 3.97. The van der Waals surface area contributed by atoms with E-state index in [0.717, 1.165) is 67.7 Å². The average molecular weight is 330 g/mol. The van der Waals surface area contributed by atoms with E-state index >= 15 is 0 Å². The van der Waals surface area contributed by atoms with E-state index in [9.17, 15) is 4.79 Å². The van der Waals surface area contributed by atoms with Crippen molar-refractivity contribution in [2.24, 2.45) is 0 Å². The monoisotopic (exact) mass is 330 g/mol. The lowest BCUT2D eigenvalue weighted by molar-refractivity contribution is 0.0616. The van der Waals surface area contributed by atoms with Crippen LogP contribution in [0, 0.1) is 20.8 Å². The average Bonchev–Trinajstić information content (AvgIpc) is 3.10. The number of carbonyl (C=O) groups is 1. The number of carbonyl (C=O) groups excluding carboxylic acids is 1. The molecule has 2 aromatic rings. The van der Waals surface area contributed by atoms with Crippen LogP contribution in [0.4, 0.5) is 0 Å². The molecule has 3 rings (SSSR count). The highest BCUT2D eigenvalue weighted by atomic mass is 16.5. The van der Waals surface area contributed by atoms with Gasteiger partial charge in [-0.25, -0.2) is 0 Å². The van der Waals surface area contributed by atoms with Crippen molar-refractivity contribution in [2.75, 3.05) is 26.2 Å². The molecule has 0 unspecified atom stereocenters. The zero-order valence-electron chi connectivity index (χ0n) is 15.0. The van der Waals surface area contributed by atoms with Crippen LogP contribution in [0.5, 0.6) is 0 Å². The first-order valence-corrected chi connectivity index (χ1v) is 8.60. The van der Waals surface area contributed by atoms with Gasteiger partial charge in [0.25, 0.3) is 5.91 Å². The molecular formula is C18H26N4O2. The van der Waals surface area contributed by atoms with E-state index in [1.54, 1.807) is 0 Å². The third-order valence-corrected chi connectivity index (χ3v) is 4.84. The number of amides is 1. The summed E-state index contributed by atoms with van der Waals surface area (Å²) in [6, 6.07) is 3.99. The minimum absolute atomic E-state index is 0.151. The molecule has 3 heterocycles. The van der Waals surface area contributed by atoms with Crippen molar-refractivity contribution >= 4 is 5.91 Å². The Balaban J connectivity index is 1.61. The van der Waals surface area contributed by atoms with Crippen molar-refractivity contribution in [3.8, 4) is 0 Å². The first-order valence-electron chi connectivity index (χ1n) is 8.60. The van der Waals surface area contributed by atoms with E-state index < -0.39 is 0 Å².